The Balaban J connectivity index is 1.44. The fraction of sp³-hybridized carbons (Fsp3) is 0.444. The van der Waals surface area contributed by atoms with Gasteiger partial charge in [0.2, 0.25) is 10.0 Å². The van der Waals surface area contributed by atoms with E-state index in [0.29, 0.717) is 49.0 Å². The van der Waals surface area contributed by atoms with Gasteiger partial charge in [-0.15, -0.1) is 0 Å². The highest BCUT2D eigenvalue weighted by Gasteiger charge is 2.48. The summed E-state index contributed by atoms with van der Waals surface area (Å²) in [5.74, 6) is -1.43. The van der Waals surface area contributed by atoms with Crippen molar-refractivity contribution < 1.29 is 27.4 Å². The highest BCUT2D eigenvalue weighted by Crippen LogP contribution is 2.49. The van der Waals surface area contributed by atoms with Crippen molar-refractivity contribution in [1.82, 2.24) is 9.71 Å². The van der Waals surface area contributed by atoms with Crippen LogP contribution in [0.1, 0.15) is 73.0 Å². The number of rotatable bonds is 1. The van der Waals surface area contributed by atoms with Gasteiger partial charge in [-0.3, -0.25) is 9.78 Å². The molecule has 6 rings (SSSR count). The summed E-state index contributed by atoms with van der Waals surface area (Å²) in [5, 5.41) is 12.1. The van der Waals surface area contributed by atoms with Crippen LogP contribution in [0.4, 0.5) is 10.1 Å². The molecule has 0 spiro atoms. The van der Waals surface area contributed by atoms with Crippen LogP contribution < -0.4 is 14.4 Å². The third kappa shape index (κ3) is 6.91. The number of fused-ring (bicyclic) bond motifs is 3. The fourth-order valence-electron chi connectivity index (χ4n) is 7.06. The molecule has 1 aromatic heterocycles. The predicted molar refractivity (Wildman–Crippen MR) is 180 cm³/mol. The standard InChI is InChI=1S/C36H41ClFN3O5S/c1-23-6-5-15-36(43,31-20-39-16-14-32(31)38)30-12-9-27(30)21-41-17-4-3-7-25-18-29(37)11-8-28(25)22-46-34-13-10-26(19-33(34)41)35(42)40-47(44,45)24(23)2/h5,8,10-11,13-16,18-20,23-24,27,30,43H,3-4,6-7,9,12,17,21-22H2,1-2H3,(H,40,42)/b15-5+/t23-,24+,27-,30+,36+/m0/s1. The maximum absolute atomic E-state index is 15.3. The van der Waals surface area contributed by atoms with Crippen LogP contribution >= 0.6 is 11.6 Å². The van der Waals surface area contributed by atoms with Crippen molar-refractivity contribution in [2.75, 3.05) is 18.0 Å². The molecule has 1 aliphatic carbocycles. The number of anilines is 1. The zero-order chi connectivity index (χ0) is 33.3. The van der Waals surface area contributed by atoms with Gasteiger partial charge in [-0.1, -0.05) is 36.7 Å². The van der Waals surface area contributed by atoms with Gasteiger partial charge in [-0.05, 0) is 105 Å². The van der Waals surface area contributed by atoms with Gasteiger partial charge in [0.25, 0.3) is 5.91 Å². The summed E-state index contributed by atoms with van der Waals surface area (Å²) in [6, 6.07) is 12.0. The number of hydrogen-bond acceptors (Lipinski definition) is 7. The van der Waals surface area contributed by atoms with Gasteiger partial charge in [0.15, 0.2) is 0 Å². The van der Waals surface area contributed by atoms with Gasteiger partial charge in [0, 0.05) is 47.6 Å². The molecule has 3 aliphatic rings. The number of allylic oxidation sites excluding steroid dienone is 1. The van der Waals surface area contributed by atoms with Crippen LogP contribution in [0.15, 0.2) is 67.0 Å². The maximum Gasteiger partial charge on any atom is 0.264 e. The van der Waals surface area contributed by atoms with Gasteiger partial charge >= 0.3 is 0 Å². The number of amides is 1. The molecular formula is C36H41ClFN3O5S. The van der Waals surface area contributed by atoms with E-state index >= 15 is 4.39 Å². The van der Waals surface area contributed by atoms with Gasteiger partial charge in [-0.2, -0.15) is 0 Å². The Labute approximate surface area is 281 Å². The second-order valence-corrected chi connectivity index (χ2v) is 15.7. The maximum atomic E-state index is 15.3. The number of carbonyl (C=O) groups is 1. The van der Waals surface area contributed by atoms with E-state index in [1.165, 1.54) is 18.5 Å². The van der Waals surface area contributed by atoms with E-state index < -0.39 is 38.5 Å². The second kappa shape index (κ2) is 13.6. The highest BCUT2D eigenvalue weighted by atomic mass is 35.5. The van der Waals surface area contributed by atoms with E-state index in [2.05, 4.69) is 14.6 Å². The summed E-state index contributed by atoms with van der Waals surface area (Å²) in [4.78, 5) is 19.7. The van der Waals surface area contributed by atoms with Crippen LogP contribution in [-0.4, -0.2) is 42.8 Å². The van der Waals surface area contributed by atoms with Crippen LogP contribution in [-0.2, 0) is 28.7 Å². The molecule has 250 valence electrons. The SMILES string of the molecule is C[C@@H]1[C@@H](C)C/C=C/[C@](O)(c2cnccc2F)[C@@H]2CC[C@H]2CN2CCCCc3cc(Cl)ccc3COc3ccc(cc32)C(=O)NS1(=O)=O. The first-order valence-corrected chi connectivity index (χ1v) is 18.2. The smallest absolute Gasteiger partial charge is 0.264 e. The largest absolute Gasteiger partial charge is 0.487 e. The molecule has 2 aromatic carbocycles. The Bertz CT molecular complexity index is 1790. The average molecular weight is 682 g/mol. The lowest BCUT2D eigenvalue weighted by Gasteiger charge is -2.48. The van der Waals surface area contributed by atoms with E-state index in [0.717, 1.165) is 36.8 Å². The number of benzene rings is 2. The fourth-order valence-corrected chi connectivity index (χ4v) is 8.54. The predicted octanol–water partition coefficient (Wildman–Crippen LogP) is 6.55. The number of hydrogen-bond donors (Lipinski definition) is 2. The molecule has 0 radical (unpaired) electrons. The number of pyridine rings is 1. The molecular weight excluding hydrogens is 641 g/mol. The summed E-state index contributed by atoms with van der Waals surface area (Å²) in [5.41, 5.74) is 1.47. The normalized spacial score (nSPS) is 28.7. The molecule has 5 atom stereocenters. The third-order valence-corrected chi connectivity index (χ3v) is 12.4. The molecule has 2 bridgehead atoms. The number of ether oxygens (including phenoxy) is 1. The minimum Gasteiger partial charge on any atom is -0.487 e. The van der Waals surface area contributed by atoms with Gasteiger partial charge in [0.1, 0.15) is 23.8 Å². The number of carbonyl (C=O) groups excluding carboxylic acids is 1. The molecule has 1 fully saturated rings. The first kappa shape index (κ1) is 33.4. The first-order chi connectivity index (χ1) is 22.5. The van der Waals surface area contributed by atoms with E-state index in [4.69, 9.17) is 16.3 Å². The van der Waals surface area contributed by atoms with Crippen molar-refractivity contribution in [3.63, 3.8) is 0 Å². The molecule has 47 heavy (non-hydrogen) atoms. The topological polar surface area (TPSA) is 109 Å². The summed E-state index contributed by atoms with van der Waals surface area (Å²) in [6.07, 6.45) is 10.4. The van der Waals surface area contributed by atoms with Crippen molar-refractivity contribution in [2.45, 2.75) is 69.8 Å². The number of halogens is 2. The first-order valence-electron chi connectivity index (χ1n) is 16.3. The molecule has 11 heteroatoms. The van der Waals surface area contributed by atoms with Crippen LogP contribution in [0.5, 0.6) is 5.75 Å². The lowest BCUT2D eigenvalue weighted by molar-refractivity contribution is -0.0522. The lowest BCUT2D eigenvalue weighted by atomic mass is 9.62. The van der Waals surface area contributed by atoms with Crippen molar-refractivity contribution >= 4 is 33.2 Å². The van der Waals surface area contributed by atoms with E-state index in [1.807, 2.05) is 18.2 Å². The Kier molecular flexibility index (Phi) is 9.65. The molecule has 0 unspecified atom stereocenters. The molecule has 3 aromatic rings. The minimum absolute atomic E-state index is 0.0136. The molecule has 0 saturated heterocycles. The number of nitrogens with zero attached hydrogens (tertiary/aromatic N) is 2. The van der Waals surface area contributed by atoms with Gasteiger partial charge in [-0.25, -0.2) is 17.5 Å². The van der Waals surface area contributed by atoms with Gasteiger partial charge in [0.05, 0.1) is 10.9 Å². The number of aliphatic hydroxyl groups is 1. The number of nitrogens with one attached hydrogen (secondary N) is 1. The Morgan fingerprint density at radius 3 is 2.70 bits per heavy atom. The Morgan fingerprint density at radius 2 is 1.94 bits per heavy atom. The quantitative estimate of drug-likeness (QED) is 0.280. The van der Waals surface area contributed by atoms with E-state index in [1.54, 1.807) is 44.2 Å². The third-order valence-electron chi connectivity index (χ3n) is 10.3. The summed E-state index contributed by atoms with van der Waals surface area (Å²) < 4.78 is 50.7. The monoisotopic (exact) mass is 681 g/mol. The van der Waals surface area contributed by atoms with E-state index in [-0.39, 0.29) is 23.0 Å². The molecule has 2 aliphatic heterocycles. The molecule has 1 amide bonds. The van der Waals surface area contributed by atoms with Crippen molar-refractivity contribution in [3.05, 3.63) is 100 Å². The van der Waals surface area contributed by atoms with Crippen LogP contribution in [0, 0.1) is 23.6 Å². The minimum atomic E-state index is -4.05. The number of aromatic nitrogens is 1. The summed E-state index contributed by atoms with van der Waals surface area (Å²) in [6.45, 7) is 4.78. The van der Waals surface area contributed by atoms with Crippen LogP contribution in [0.3, 0.4) is 0 Å². The Morgan fingerprint density at radius 1 is 1.11 bits per heavy atom. The number of sulfonamides is 1. The van der Waals surface area contributed by atoms with Crippen molar-refractivity contribution in [1.29, 1.82) is 0 Å². The van der Waals surface area contributed by atoms with Crippen molar-refractivity contribution in [2.24, 2.45) is 17.8 Å². The molecule has 2 N–H and O–H groups in total. The van der Waals surface area contributed by atoms with Crippen LogP contribution in [0.25, 0.3) is 0 Å². The Hall–Kier alpha value is -3.47. The zero-order valence-corrected chi connectivity index (χ0v) is 28.2. The van der Waals surface area contributed by atoms with Crippen LogP contribution in [0.2, 0.25) is 5.02 Å². The summed E-state index contributed by atoms with van der Waals surface area (Å²) >= 11 is 6.33. The second-order valence-electron chi connectivity index (χ2n) is 13.2. The van der Waals surface area contributed by atoms with Gasteiger partial charge < -0.3 is 14.7 Å². The highest BCUT2D eigenvalue weighted by molar-refractivity contribution is 7.90. The average Bonchev–Trinajstić information content (AvgIpc) is 3.05. The zero-order valence-electron chi connectivity index (χ0n) is 26.7. The summed E-state index contributed by atoms with van der Waals surface area (Å²) in [7, 11) is -4.05. The van der Waals surface area contributed by atoms with Crippen molar-refractivity contribution in [3.8, 4) is 5.75 Å². The molecule has 1 saturated carbocycles. The van der Waals surface area contributed by atoms with E-state index in [9.17, 15) is 18.3 Å². The number of aryl methyl sites for hydroxylation is 1. The molecule has 3 heterocycles. The molecule has 8 nitrogen and oxygen atoms in total. The lowest BCUT2D eigenvalue weighted by Crippen LogP contribution is -2.49.